The standard InChI is InChI=1S/C31H38N4O2/c1-22-8-5-12-28-30(22)35(16-7-17-37-2)31(33-28)26-11-6-15-34(21-26)29(36)20-27(32)19-23-13-14-24-9-3-4-10-25(24)18-23/h3-5,8-10,12-14,18,26-27H,6-7,11,15-17,19-21,32H2,1-2H3. The molecule has 37 heavy (non-hydrogen) atoms. The molecule has 2 unspecified atom stereocenters. The van der Waals surface area contributed by atoms with Crippen LogP contribution in [0.15, 0.2) is 60.7 Å². The van der Waals surface area contributed by atoms with Gasteiger partial charge in [-0.05, 0) is 60.6 Å². The fourth-order valence-corrected chi connectivity index (χ4v) is 5.80. The number of hydrogen-bond acceptors (Lipinski definition) is 4. The number of likely N-dealkylation sites (tertiary alicyclic amines) is 1. The zero-order valence-electron chi connectivity index (χ0n) is 22.0. The summed E-state index contributed by atoms with van der Waals surface area (Å²) in [5.41, 5.74) is 11.1. The molecule has 4 aromatic rings. The van der Waals surface area contributed by atoms with Crippen molar-refractivity contribution < 1.29 is 9.53 Å². The SMILES string of the molecule is COCCCn1c(C2CCCN(C(=O)CC(N)Cc3ccc4ccccc4c3)C2)nc2cccc(C)c21. The average Bonchev–Trinajstić information content (AvgIpc) is 3.28. The topological polar surface area (TPSA) is 73.4 Å². The number of nitrogens with two attached hydrogens (primary N) is 1. The predicted octanol–water partition coefficient (Wildman–Crippen LogP) is 5.20. The molecule has 1 aromatic heterocycles. The van der Waals surface area contributed by atoms with Gasteiger partial charge in [0.1, 0.15) is 5.82 Å². The van der Waals surface area contributed by atoms with E-state index in [-0.39, 0.29) is 17.9 Å². The number of carbonyl (C=O) groups is 1. The number of methoxy groups -OCH3 is 1. The zero-order valence-corrected chi connectivity index (χ0v) is 22.0. The molecule has 0 radical (unpaired) electrons. The van der Waals surface area contributed by atoms with Crippen LogP contribution in [0, 0.1) is 6.92 Å². The van der Waals surface area contributed by atoms with Gasteiger partial charge in [-0.3, -0.25) is 4.79 Å². The number of aryl methyl sites for hydroxylation is 2. The van der Waals surface area contributed by atoms with Crippen molar-refractivity contribution in [2.45, 2.75) is 57.5 Å². The monoisotopic (exact) mass is 498 g/mol. The highest BCUT2D eigenvalue weighted by molar-refractivity contribution is 5.83. The first kappa shape index (κ1) is 25.4. The number of ether oxygens (including phenoxy) is 1. The maximum absolute atomic E-state index is 13.3. The number of para-hydroxylation sites is 1. The van der Waals surface area contributed by atoms with E-state index in [2.05, 4.69) is 66.1 Å². The fraction of sp³-hybridized carbons (Fsp3) is 0.419. The number of amides is 1. The molecule has 0 spiro atoms. The van der Waals surface area contributed by atoms with Gasteiger partial charge in [-0.2, -0.15) is 0 Å². The molecule has 6 heteroatoms. The van der Waals surface area contributed by atoms with Crippen molar-refractivity contribution in [1.29, 1.82) is 0 Å². The van der Waals surface area contributed by atoms with E-state index in [4.69, 9.17) is 15.5 Å². The van der Waals surface area contributed by atoms with Gasteiger partial charge in [0, 0.05) is 51.7 Å². The minimum atomic E-state index is -0.199. The first-order valence-corrected chi connectivity index (χ1v) is 13.5. The Morgan fingerprint density at radius 3 is 2.81 bits per heavy atom. The molecule has 3 aromatic carbocycles. The highest BCUT2D eigenvalue weighted by Gasteiger charge is 2.29. The minimum absolute atomic E-state index is 0.149. The van der Waals surface area contributed by atoms with Gasteiger partial charge in [0.15, 0.2) is 0 Å². The number of carbonyl (C=O) groups excluding carboxylic acids is 1. The second-order valence-electron chi connectivity index (χ2n) is 10.4. The van der Waals surface area contributed by atoms with E-state index in [9.17, 15) is 4.79 Å². The van der Waals surface area contributed by atoms with Gasteiger partial charge >= 0.3 is 0 Å². The first-order chi connectivity index (χ1) is 18.0. The van der Waals surface area contributed by atoms with E-state index in [1.807, 2.05) is 11.0 Å². The molecule has 1 aliphatic heterocycles. The van der Waals surface area contributed by atoms with Crippen LogP contribution in [0.2, 0.25) is 0 Å². The van der Waals surface area contributed by atoms with Crippen LogP contribution >= 0.6 is 0 Å². The number of aromatic nitrogens is 2. The lowest BCUT2D eigenvalue weighted by Crippen LogP contribution is -2.42. The van der Waals surface area contributed by atoms with Crippen LogP contribution in [0.3, 0.4) is 0 Å². The van der Waals surface area contributed by atoms with Crippen LogP contribution in [0.5, 0.6) is 0 Å². The molecule has 1 aliphatic rings. The summed E-state index contributed by atoms with van der Waals surface area (Å²) in [6.45, 7) is 5.23. The number of fused-ring (bicyclic) bond motifs is 2. The minimum Gasteiger partial charge on any atom is -0.385 e. The third kappa shape index (κ3) is 5.71. The summed E-state index contributed by atoms with van der Waals surface area (Å²) >= 11 is 0. The number of rotatable bonds is 9. The molecule has 1 saturated heterocycles. The number of imidazole rings is 1. The molecule has 2 atom stereocenters. The number of piperidine rings is 1. The van der Waals surface area contributed by atoms with E-state index in [0.29, 0.717) is 19.4 Å². The molecule has 2 heterocycles. The third-order valence-electron chi connectivity index (χ3n) is 7.62. The van der Waals surface area contributed by atoms with Crippen molar-refractivity contribution in [2.75, 3.05) is 26.8 Å². The van der Waals surface area contributed by atoms with Crippen LogP contribution in [-0.2, 0) is 22.5 Å². The largest absolute Gasteiger partial charge is 0.385 e. The van der Waals surface area contributed by atoms with Gasteiger partial charge in [-0.15, -0.1) is 0 Å². The summed E-state index contributed by atoms with van der Waals surface area (Å²) in [6.07, 6.45) is 4.02. The third-order valence-corrected chi connectivity index (χ3v) is 7.62. The van der Waals surface area contributed by atoms with Gasteiger partial charge < -0.3 is 19.9 Å². The Morgan fingerprint density at radius 1 is 1.14 bits per heavy atom. The Hall–Kier alpha value is -3.22. The molecule has 5 rings (SSSR count). The highest BCUT2D eigenvalue weighted by Crippen LogP contribution is 2.31. The van der Waals surface area contributed by atoms with Gasteiger partial charge in [-0.1, -0.05) is 54.6 Å². The molecule has 1 fully saturated rings. The Morgan fingerprint density at radius 2 is 1.97 bits per heavy atom. The van der Waals surface area contributed by atoms with E-state index < -0.39 is 0 Å². The summed E-state index contributed by atoms with van der Waals surface area (Å²) in [4.78, 5) is 20.4. The van der Waals surface area contributed by atoms with Crippen molar-refractivity contribution >= 4 is 27.7 Å². The predicted molar refractivity (Wildman–Crippen MR) is 150 cm³/mol. The van der Waals surface area contributed by atoms with E-state index in [1.165, 1.54) is 27.4 Å². The van der Waals surface area contributed by atoms with Gasteiger partial charge in [-0.25, -0.2) is 4.98 Å². The lowest BCUT2D eigenvalue weighted by Gasteiger charge is -2.33. The lowest BCUT2D eigenvalue weighted by atomic mass is 9.95. The number of hydrogen-bond donors (Lipinski definition) is 1. The van der Waals surface area contributed by atoms with Crippen LogP contribution in [0.1, 0.15) is 48.6 Å². The van der Waals surface area contributed by atoms with Crippen LogP contribution in [0.4, 0.5) is 0 Å². The Labute approximate surface area is 219 Å². The van der Waals surface area contributed by atoms with E-state index >= 15 is 0 Å². The quantitative estimate of drug-likeness (QED) is 0.322. The molecular formula is C31H38N4O2. The normalized spacial score (nSPS) is 16.9. The Kier molecular flexibility index (Phi) is 7.87. The van der Waals surface area contributed by atoms with E-state index in [0.717, 1.165) is 50.3 Å². The summed E-state index contributed by atoms with van der Waals surface area (Å²) in [5.74, 6) is 1.47. The van der Waals surface area contributed by atoms with Crippen LogP contribution in [0.25, 0.3) is 21.8 Å². The van der Waals surface area contributed by atoms with E-state index in [1.54, 1.807) is 7.11 Å². The molecule has 6 nitrogen and oxygen atoms in total. The summed E-state index contributed by atoms with van der Waals surface area (Å²) in [5, 5.41) is 2.43. The summed E-state index contributed by atoms with van der Waals surface area (Å²) < 4.78 is 7.69. The zero-order chi connectivity index (χ0) is 25.8. The average molecular weight is 499 g/mol. The maximum Gasteiger partial charge on any atom is 0.224 e. The van der Waals surface area contributed by atoms with Crippen LogP contribution in [-0.4, -0.2) is 53.2 Å². The van der Waals surface area contributed by atoms with Crippen LogP contribution < -0.4 is 5.73 Å². The smallest absolute Gasteiger partial charge is 0.224 e. The molecule has 0 bridgehead atoms. The van der Waals surface area contributed by atoms with Gasteiger partial charge in [0.25, 0.3) is 0 Å². The summed E-state index contributed by atoms with van der Waals surface area (Å²) in [7, 11) is 1.74. The van der Waals surface area contributed by atoms with Gasteiger partial charge in [0.2, 0.25) is 5.91 Å². The highest BCUT2D eigenvalue weighted by atomic mass is 16.5. The molecule has 194 valence electrons. The first-order valence-electron chi connectivity index (χ1n) is 13.5. The molecule has 1 amide bonds. The Bertz CT molecular complexity index is 1380. The van der Waals surface area contributed by atoms with Crippen molar-refractivity contribution in [3.8, 4) is 0 Å². The lowest BCUT2D eigenvalue weighted by molar-refractivity contribution is -0.132. The number of benzene rings is 3. The van der Waals surface area contributed by atoms with Gasteiger partial charge in [0.05, 0.1) is 11.0 Å². The van der Waals surface area contributed by atoms with Crippen molar-refractivity contribution in [3.05, 3.63) is 77.6 Å². The van der Waals surface area contributed by atoms with Crippen molar-refractivity contribution in [1.82, 2.24) is 14.5 Å². The summed E-state index contributed by atoms with van der Waals surface area (Å²) in [6, 6.07) is 20.9. The molecule has 2 N–H and O–H groups in total. The molecule has 0 saturated carbocycles. The molecule has 0 aliphatic carbocycles. The fourth-order valence-electron chi connectivity index (χ4n) is 5.80. The molecular weight excluding hydrogens is 460 g/mol. The number of nitrogens with zero attached hydrogens (tertiary/aromatic N) is 3. The second-order valence-corrected chi connectivity index (χ2v) is 10.4. The van der Waals surface area contributed by atoms with Crippen molar-refractivity contribution in [3.63, 3.8) is 0 Å². The second kappa shape index (κ2) is 11.4. The Balaban J connectivity index is 1.27. The van der Waals surface area contributed by atoms with Crippen molar-refractivity contribution in [2.24, 2.45) is 5.73 Å². The maximum atomic E-state index is 13.3.